The number of hydrogen-bond acceptors (Lipinski definition) is 0. The molecule has 3 aromatic rings. The van der Waals surface area contributed by atoms with Gasteiger partial charge in [-0.2, -0.15) is 0 Å². The molecule has 22 heavy (non-hydrogen) atoms. The van der Waals surface area contributed by atoms with Crippen molar-refractivity contribution in [3.05, 3.63) is 82.9 Å². The van der Waals surface area contributed by atoms with Gasteiger partial charge in [0.25, 0.3) is 0 Å². The van der Waals surface area contributed by atoms with E-state index in [0.717, 1.165) is 5.02 Å². The predicted octanol–water partition coefficient (Wildman–Crippen LogP) is 6.31. The van der Waals surface area contributed by atoms with Crippen LogP contribution in [-0.4, -0.2) is 0 Å². The first kappa shape index (κ1) is 13.6. The maximum Gasteiger partial charge on any atom is 0.0453 e. The van der Waals surface area contributed by atoms with Crippen LogP contribution in [0, 0.1) is 0 Å². The molecule has 0 fully saturated rings. The van der Waals surface area contributed by atoms with Crippen molar-refractivity contribution in [3.63, 3.8) is 0 Å². The molecular weight excluding hydrogens is 288 g/mol. The quantitative estimate of drug-likeness (QED) is 0.494. The number of benzene rings is 3. The zero-order chi connectivity index (χ0) is 15.3. The summed E-state index contributed by atoms with van der Waals surface area (Å²) in [6, 6.07) is 23.4. The van der Waals surface area contributed by atoms with Gasteiger partial charge in [0.15, 0.2) is 0 Å². The third-order valence-electron chi connectivity index (χ3n) is 4.73. The van der Waals surface area contributed by atoms with Crippen molar-refractivity contribution >= 4 is 11.6 Å². The minimum absolute atomic E-state index is 0.0617. The fraction of sp³-hybridized carbons (Fsp3) is 0.143. The lowest BCUT2D eigenvalue weighted by atomic mass is 9.82. The summed E-state index contributed by atoms with van der Waals surface area (Å²) in [5.74, 6) is 0. The number of halogens is 1. The van der Waals surface area contributed by atoms with E-state index in [1.807, 2.05) is 6.07 Å². The Hall–Kier alpha value is -2.05. The maximum absolute atomic E-state index is 6.60. The number of hydrogen-bond donors (Lipinski definition) is 0. The Balaban J connectivity index is 2.12. The van der Waals surface area contributed by atoms with Gasteiger partial charge in [0.1, 0.15) is 0 Å². The van der Waals surface area contributed by atoms with Gasteiger partial charge < -0.3 is 0 Å². The third-order valence-corrected chi connectivity index (χ3v) is 5.05. The standard InChI is InChI=1S/C21H17Cl/c1-21(2)17-11-7-6-10-16(17)19-15(12-13-18(22)20(19)21)14-8-4-3-5-9-14/h3-13H,1-2H3. The summed E-state index contributed by atoms with van der Waals surface area (Å²) >= 11 is 6.60. The van der Waals surface area contributed by atoms with Gasteiger partial charge in [0, 0.05) is 10.4 Å². The molecule has 4 rings (SSSR count). The van der Waals surface area contributed by atoms with Crippen molar-refractivity contribution in [3.8, 4) is 22.3 Å². The van der Waals surface area contributed by atoms with E-state index < -0.39 is 0 Å². The molecule has 0 aromatic heterocycles. The first-order valence-corrected chi connectivity index (χ1v) is 7.97. The second kappa shape index (κ2) is 4.72. The molecule has 108 valence electrons. The molecule has 0 unspecified atom stereocenters. The Kier molecular flexibility index (Phi) is 2.92. The van der Waals surface area contributed by atoms with Crippen molar-refractivity contribution in [1.29, 1.82) is 0 Å². The van der Waals surface area contributed by atoms with E-state index in [0.29, 0.717) is 0 Å². The SMILES string of the molecule is CC1(C)c2ccccc2-c2c(-c3ccccc3)ccc(Cl)c21. The van der Waals surface area contributed by atoms with E-state index in [1.165, 1.54) is 33.4 Å². The summed E-state index contributed by atoms with van der Waals surface area (Å²) in [7, 11) is 0. The highest BCUT2D eigenvalue weighted by Crippen LogP contribution is 2.54. The van der Waals surface area contributed by atoms with Crippen molar-refractivity contribution in [2.24, 2.45) is 0 Å². The average Bonchev–Trinajstić information content (AvgIpc) is 2.78. The minimum atomic E-state index is -0.0617. The predicted molar refractivity (Wildman–Crippen MR) is 94.5 cm³/mol. The van der Waals surface area contributed by atoms with Crippen LogP contribution >= 0.6 is 11.6 Å². The van der Waals surface area contributed by atoms with Crippen LogP contribution in [0.4, 0.5) is 0 Å². The molecule has 0 bridgehead atoms. The van der Waals surface area contributed by atoms with Gasteiger partial charge >= 0.3 is 0 Å². The topological polar surface area (TPSA) is 0 Å². The Bertz CT molecular complexity index is 860. The van der Waals surface area contributed by atoms with Gasteiger partial charge in [-0.3, -0.25) is 0 Å². The van der Waals surface area contributed by atoms with Gasteiger partial charge in [0.2, 0.25) is 0 Å². The van der Waals surface area contributed by atoms with Crippen molar-refractivity contribution in [2.75, 3.05) is 0 Å². The summed E-state index contributed by atoms with van der Waals surface area (Å²) in [4.78, 5) is 0. The van der Waals surface area contributed by atoms with Crippen molar-refractivity contribution in [1.82, 2.24) is 0 Å². The van der Waals surface area contributed by atoms with E-state index in [4.69, 9.17) is 11.6 Å². The van der Waals surface area contributed by atoms with Gasteiger partial charge in [0.05, 0.1) is 0 Å². The summed E-state index contributed by atoms with van der Waals surface area (Å²) in [6.07, 6.45) is 0. The lowest BCUT2D eigenvalue weighted by Gasteiger charge is -2.23. The molecule has 1 heteroatoms. The lowest BCUT2D eigenvalue weighted by Crippen LogP contribution is -2.15. The van der Waals surface area contributed by atoms with Crippen molar-refractivity contribution in [2.45, 2.75) is 19.3 Å². The van der Waals surface area contributed by atoms with E-state index in [-0.39, 0.29) is 5.41 Å². The number of fused-ring (bicyclic) bond motifs is 3. The molecular formula is C21H17Cl. The molecule has 0 spiro atoms. The highest BCUT2D eigenvalue weighted by atomic mass is 35.5. The van der Waals surface area contributed by atoms with Crippen LogP contribution in [0.5, 0.6) is 0 Å². The largest absolute Gasteiger partial charge is 0.0840 e. The molecule has 0 saturated heterocycles. The van der Waals surface area contributed by atoms with E-state index in [9.17, 15) is 0 Å². The maximum atomic E-state index is 6.60. The summed E-state index contributed by atoms with van der Waals surface area (Å²) in [5, 5.41) is 0.857. The second-order valence-electron chi connectivity index (χ2n) is 6.38. The van der Waals surface area contributed by atoms with Gasteiger partial charge in [-0.1, -0.05) is 86.1 Å². The van der Waals surface area contributed by atoms with Gasteiger partial charge in [-0.05, 0) is 39.4 Å². The normalized spacial score (nSPS) is 14.5. The first-order valence-electron chi connectivity index (χ1n) is 7.59. The van der Waals surface area contributed by atoms with Crippen LogP contribution in [-0.2, 0) is 5.41 Å². The molecule has 0 saturated carbocycles. The molecule has 3 aromatic carbocycles. The van der Waals surface area contributed by atoms with E-state index in [1.54, 1.807) is 0 Å². The fourth-order valence-corrected chi connectivity index (χ4v) is 4.10. The zero-order valence-electron chi connectivity index (χ0n) is 12.7. The first-order chi connectivity index (χ1) is 10.6. The lowest BCUT2D eigenvalue weighted by molar-refractivity contribution is 0.661. The molecule has 0 radical (unpaired) electrons. The van der Waals surface area contributed by atoms with E-state index >= 15 is 0 Å². The van der Waals surface area contributed by atoms with Crippen LogP contribution in [0.1, 0.15) is 25.0 Å². The second-order valence-corrected chi connectivity index (χ2v) is 6.79. The molecule has 1 aliphatic carbocycles. The Labute approximate surface area is 136 Å². The minimum Gasteiger partial charge on any atom is -0.0840 e. The summed E-state index contributed by atoms with van der Waals surface area (Å²) in [5.41, 5.74) is 7.64. The summed E-state index contributed by atoms with van der Waals surface area (Å²) < 4.78 is 0. The highest BCUT2D eigenvalue weighted by Gasteiger charge is 2.38. The molecule has 0 heterocycles. The molecule has 1 aliphatic rings. The number of rotatable bonds is 1. The van der Waals surface area contributed by atoms with Crippen LogP contribution < -0.4 is 0 Å². The molecule has 0 aliphatic heterocycles. The zero-order valence-corrected chi connectivity index (χ0v) is 13.5. The van der Waals surface area contributed by atoms with Gasteiger partial charge in [-0.25, -0.2) is 0 Å². The van der Waals surface area contributed by atoms with Crippen LogP contribution in [0.3, 0.4) is 0 Å². The van der Waals surface area contributed by atoms with Crippen LogP contribution in [0.25, 0.3) is 22.3 Å². The van der Waals surface area contributed by atoms with Crippen molar-refractivity contribution < 1.29 is 0 Å². The third kappa shape index (κ3) is 1.77. The monoisotopic (exact) mass is 304 g/mol. The molecule has 0 amide bonds. The molecule has 0 nitrogen and oxygen atoms in total. The molecule has 0 atom stereocenters. The summed E-state index contributed by atoms with van der Waals surface area (Å²) in [6.45, 7) is 4.52. The average molecular weight is 305 g/mol. The highest BCUT2D eigenvalue weighted by molar-refractivity contribution is 6.32. The smallest absolute Gasteiger partial charge is 0.0453 e. The van der Waals surface area contributed by atoms with E-state index in [2.05, 4.69) is 74.5 Å². The van der Waals surface area contributed by atoms with Gasteiger partial charge in [-0.15, -0.1) is 0 Å². The fourth-order valence-electron chi connectivity index (χ4n) is 3.71. The van der Waals surface area contributed by atoms with Crippen LogP contribution in [0.2, 0.25) is 5.02 Å². The van der Waals surface area contributed by atoms with Crippen LogP contribution in [0.15, 0.2) is 66.7 Å². The Morgan fingerprint density at radius 3 is 2.18 bits per heavy atom. The Morgan fingerprint density at radius 2 is 1.41 bits per heavy atom. The Morgan fingerprint density at radius 1 is 0.727 bits per heavy atom. The molecule has 0 N–H and O–H groups in total.